The Labute approximate surface area is 151 Å². The maximum Gasteiger partial charge on any atom is 0.270 e. The lowest BCUT2D eigenvalue weighted by Crippen LogP contribution is -2.03. The molecule has 0 heterocycles. The van der Waals surface area contributed by atoms with Crippen LogP contribution >= 0.6 is 15.9 Å². The predicted octanol–water partition coefficient (Wildman–Crippen LogP) is 3.86. The highest BCUT2D eigenvalue weighted by molar-refractivity contribution is 9.10. The fourth-order valence-electron chi connectivity index (χ4n) is 2.08. The van der Waals surface area contributed by atoms with Gasteiger partial charge in [-0.05, 0) is 18.2 Å². The number of benzene rings is 2. The molecule has 8 heteroatoms. The van der Waals surface area contributed by atoms with Crippen molar-refractivity contribution in [3.8, 4) is 17.6 Å². The van der Waals surface area contributed by atoms with Crippen LogP contribution in [0, 0.1) is 21.4 Å². The number of carbonyl (C=O) groups excluding carboxylic acids is 1. The topological polar surface area (TPSA) is 113 Å². The number of hydrogen-bond donors (Lipinski definition) is 1. The van der Waals surface area contributed by atoms with Gasteiger partial charge >= 0.3 is 0 Å². The Morgan fingerprint density at radius 1 is 1.40 bits per heavy atom. The number of phenolic OH excluding ortho intramolecular Hbond substituents is 1. The van der Waals surface area contributed by atoms with Crippen LogP contribution in [0.2, 0.25) is 0 Å². The largest absolute Gasteiger partial charge is 0.504 e. The molecule has 0 atom stereocenters. The summed E-state index contributed by atoms with van der Waals surface area (Å²) in [5, 5.41) is 30.2. The van der Waals surface area contributed by atoms with Crippen molar-refractivity contribution < 1.29 is 19.6 Å². The van der Waals surface area contributed by atoms with Crippen molar-refractivity contribution in [2.24, 2.45) is 0 Å². The van der Waals surface area contributed by atoms with Crippen LogP contribution in [-0.4, -0.2) is 22.9 Å². The summed E-state index contributed by atoms with van der Waals surface area (Å²) in [6, 6.07) is 9.87. The minimum atomic E-state index is -0.690. The second-order valence-electron chi connectivity index (χ2n) is 4.85. The summed E-state index contributed by atoms with van der Waals surface area (Å²) in [6.45, 7) is 0. The molecule has 2 rings (SSSR count). The molecule has 25 heavy (non-hydrogen) atoms. The normalized spacial score (nSPS) is 10.8. The number of phenols is 1. The maximum atomic E-state index is 12.5. The van der Waals surface area contributed by atoms with Crippen LogP contribution in [0.25, 0.3) is 6.08 Å². The van der Waals surface area contributed by atoms with Crippen molar-refractivity contribution in [3.63, 3.8) is 0 Å². The number of nitriles is 1. The summed E-state index contributed by atoms with van der Waals surface area (Å²) in [5.41, 5.74) is -0.337. The zero-order chi connectivity index (χ0) is 18.6. The molecule has 0 unspecified atom stereocenters. The molecule has 0 spiro atoms. The fourth-order valence-corrected chi connectivity index (χ4v) is 2.53. The zero-order valence-electron chi connectivity index (χ0n) is 12.9. The van der Waals surface area contributed by atoms with Crippen molar-refractivity contribution in [2.75, 3.05) is 7.11 Å². The van der Waals surface area contributed by atoms with Gasteiger partial charge in [0.15, 0.2) is 11.5 Å². The lowest BCUT2D eigenvalue weighted by Gasteiger charge is -2.08. The molecule has 2 aromatic rings. The number of allylic oxidation sites excluding steroid dienone is 1. The third-order valence-corrected chi connectivity index (χ3v) is 3.73. The van der Waals surface area contributed by atoms with Gasteiger partial charge in [0.25, 0.3) is 5.69 Å². The highest BCUT2D eigenvalue weighted by Gasteiger charge is 2.17. The van der Waals surface area contributed by atoms with E-state index in [-0.39, 0.29) is 33.9 Å². The molecule has 0 aromatic heterocycles. The van der Waals surface area contributed by atoms with Crippen molar-refractivity contribution in [1.29, 1.82) is 5.26 Å². The number of nitro benzene ring substituents is 1. The summed E-state index contributed by atoms with van der Waals surface area (Å²) in [4.78, 5) is 22.7. The highest BCUT2D eigenvalue weighted by atomic mass is 79.9. The molecule has 2 aromatic carbocycles. The minimum Gasteiger partial charge on any atom is -0.504 e. The van der Waals surface area contributed by atoms with Crippen LogP contribution in [0.3, 0.4) is 0 Å². The molecule has 0 saturated heterocycles. The lowest BCUT2D eigenvalue weighted by molar-refractivity contribution is -0.384. The number of halogens is 1. The Morgan fingerprint density at radius 2 is 2.12 bits per heavy atom. The average molecular weight is 403 g/mol. The third kappa shape index (κ3) is 4.02. The van der Waals surface area contributed by atoms with Gasteiger partial charge in [0.2, 0.25) is 5.78 Å². The van der Waals surface area contributed by atoms with Crippen LogP contribution in [0.1, 0.15) is 15.9 Å². The molecular formula is C17H11BrN2O5. The smallest absolute Gasteiger partial charge is 0.270 e. The van der Waals surface area contributed by atoms with Crippen LogP contribution in [-0.2, 0) is 0 Å². The number of aromatic hydroxyl groups is 1. The number of hydrogen-bond acceptors (Lipinski definition) is 6. The molecule has 0 bridgehead atoms. The van der Waals surface area contributed by atoms with E-state index in [1.54, 1.807) is 6.07 Å². The van der Waals surface area contributed by atoms with E-state index < -0.39 is 10.7 Å². The van der Waals surface area contributed by atoms with E-state index >= 15 is 0 Å². The first-order valence-corrected chi connectivity index (χ1v) is 7.64. The molecule has 0 aliphatic heterocycles. The number of Topliss-reactive ketones (excluding diaryl/α,β-unsaturated/α-hetero) is 1. The Hall–Kier alpha value is -3.18. The molecule has 0 radical (unpaired) electrons. The first-order valence-electron chi connectivity index (χ1n) is 6.84. The summed E-state index contributed by atoms with van der Waals surface area (Å²) < 4.78 is 5.59. The number of non-ortho nitro benzene ring substituents is 1. The predicted molar refractivity (Wildman–Crippen MR) is 93.4 cm³/mol. The Balaban J connectivity index is 2.50. The molecule has 0 aliphatic carbocycles. The summed E-state index contributed by atoms with van der Waals surface area (Å²) >= 11 is 3.24. The molecule has 1 N–H and O–H groups in total. The van der Waals surface area contributed by atoms with Crippen molar-refractivity contribution in [1.82, 2.24) is 0 Å². The molecule has 0 fully saturated rings. The molecule has 0 saturated carbocycles. The monoisotopic (exact) mass is 402 g/mol. The minimum absolute atomic E-state index is 0.00320. The molecule has 0 amide bonds. The van der Waals surface area contributed by atoms with E-state index in [9.17, 15) is 25.3 Å². The zero-order valence-corrected chi connectivity index (χ0v) is 14.5. The lowest BCUT2D eigenvalue weighted by atomic mass is 10.0. The average Bonchev–Trinajstić information content (AvgIpc) is 2.61. The van der Waals surface area contributed by atoms with Crippen LogP contribution in [0.5, 0.6) is 11.5 Å². The first kappa shape index (κ1) is 18.2. The van der Waals surface area contributed by atoms with Gasteiger partial charge < -0.3 is 9.84 Å². The van der Waals surface area contributed by atoms with Gasteiger partial charge in [0.05, 0.1) is 12.0 Å². The van der Waals surface area contributed by atoms with E-state index in [0.717, 1.165) is 6.07 Å². The van der Waals surface area contributed by atoms with Gasteiger partial charge in [0, 0.05) is 27.7 Å². The van der Waals surface area contributed by atoms with Crippen molar-refractivity contribution in [2.45, 2.75) is 0 Å². The van der Waals surface area contributed by atoms with Gasteiger partial charge in [-0.15, -0.1) is 0 Å². The molecular weight excluding hydrogens is 392 g/mol. The van der Waals surface area contributed by atoms with Gasteiger partial charge in [-0.2, -0.15) is 5.26 Å². The Morgan fingerprint density at radius 3 is 2.72 bits per heavy atom. The number of carbonyl (C=O) groups is 1. The van der Waals surface area contributed by atoms with Gasteiger partial charge in [-0.3, -0.25) is 14.9 Å². The number of rotatable bonds is 5. The first-order chi connectivity index (χ1) is 11.9. The molecule has 0 aliphatic rings. The van der Waals surface area contributed by atoms with Crippen LogP contribution in [0.15, 0.2) is 46.4 Å². The Kier molecular flexibility index (Phi) is 5.52. The van der Waals surface area contributed by atoms with E-state index in [0.29, 0.717) is 4.47 Å². The van der Waals surface area contributed by atoms with Crippen LogP contribution in [0.4, 0.5) is 5.69 Å². The molecule has 7 nitrogen and oxygen atoms in total. The van der Waals surface area contributed by atoms with Crippen LogP contribution < -0.4 is 4.74 Å². The highest BCUT2D eigenvalue weighted by Crippen LogP contribution is 2.35. The number of methoxy groups -OCH3 is 1. The molecule has 126 valence electrons. The van der Waals surface area contributed by atoms with Gasteiger partial charge in [-0.1, -0.05) is 28.1 Å². The van der Waals surface area contributed by atoms with Gasteiger partial charge in [0.1, 0.15) is 11.6 Å². The number of ketones is 1. The van der Waals surface area contributed by atoms with E-state index in [4.69, 9.17) is 4.74 Å². The quantitative estimate of drug-likeness (QED) is 0.267. The van der Waals surface area contributed by atoms with E-state index in [1.165, 1.54) is 43.5 Å². The second kappa shape index (κ2) is 7.59. The van der Waals surface area contributed by atoms with Gasteiger partial charge in [-0.25, -0.2) is 0 Å². The van der Waals surface area contributed by atoms with E-state index in [1.807, 2.05) is 0 Å². The van der Waals surface area contributed by atoms with Crippen molar-refractivity contribution >= 4 is 33.5 Å². The fraction of sp³-hybridized carbons (Fsp3) is 0.0588. The Bertz CT molecular complexity index is 931. The summed E-state index contributed by atoms with van der Waals surface area (Å²) in [7, 11) is 1.37. The number of ether oxygens (including phenoxy) is 1. The standard InChI is InChI=1S/C17H11BrN2O5/c1-25-15-8-13(18)6-11(17(15)22)5-12(9-19)16(21)10-3-2-4-14(7-10)20(23)24/h2-8,22H,1H3/b12-5+. The number of nitrogens with zero attached hydrogens (tertiary/aromatic N) is 2. The SMILES string of the molecule is COc1cc(Br)cc(/C=C(\C#N)C(=O)c2cccc([N+](=O)[O-])c2)c1O. The summed E-state index contributed by atoms with van der Waals surface area (Å²) in [5.74, 6) is -0.754. The maximum absolute atomic E-state index is 12.5. The van der Waals surface area contributed by atoms with E-state index in [2.05, 4.69) is 15.9 Å². The van der Waals surface area contributed by atoms with Crippen molar-refractivity contribution in [3.05, 3.63) is 67.7 Å². The third-order valence-electron chi connectivity index (χ3n) is 3.27. The summed E-state index contributed by atoms with van der Waals surface area (Å²) in [6.07, 6.45) is 1.20. The second-order valence-corrected chi connectivity index (χ2v) is 5.77. The number of nitro groups is 1.